The summed E-state index contributed by atoms with van der Waals surface area (Å²) in [6.45, 7) is 3.68. The number of nitrogens with one attached hydrogen (secondary N) is 1. The minimum Gasteiger partial charge on any atom is -0.378 e. The van der Waals surface area contributed by atoms with Gasteiger partial charge in [0.15, 0.2) is 0 Å². The Morgan fingerprint density at radius 1 is 1.17 bits per heavy atom. The fourth-order valence-electron chi connectivity index (χ4n) is 4.36. The molecular formula is C23H32N4O3. The fourth-order valence-corrected chi connectivity index (χ4v) is 4.36. The first kappa shape index (κ1) is 21.0. The minimum atomic E-state index is 0.0195. The molecule has 1 saturated heterocycles. The number of carbonyl (C=O) groups is 1. The molecule has 1 aliphatic carbocycles. The van der Waals surface area contributed by atoms with Crippen molar-refractivity contribution < 1.29 is 14.1 Å². The highest BCUT2D eigenvalue weighted by molar-refractivity contribution is 5.78. The molecule has 1 aromatic heterocycles. The second-order valence-electron chi connectivity index (χ2n) is 8.37. The number of benzene rings is 1. The van der Waals surface area contributed by atoms with Crippen LogP contribution in [0.2, 0.25) is 0 Å². The van der Waals surface area contributed by atoms with Crippen molar-refractivity contribution in [1.29, 1.82) is 0 Å². The molecule has 0 bridgehead atoms. The van der Waals surface area contributed by atoms with Crippen LogP contribution in [0.1, 0.15) is 50.8 Å². The summed E-state index contributed by atoms with van der Waals surface area (Å²) in [5.41, 5.74) is 0.945. The molecule has 2 aromatic rings. The summed E-state index contributed by atoms with van der Waals surface area (Å²) in [6, 6.07) is 9.82. The molecule has 2 fully saturated rings. The number of piperidine rings is 1. The highest BCUT2D eigenvalue weighted by atomic mass is 16.5. The van der Waals surface area contributed by atoms with Gasteiger partial charge in [-0.05, 0) is 38.6 Å². The molecule has 30 heavy (non-hydrogen) atoms. The van der Waals surface area contributed by atoms with Crippen molar-refractivity contribution in [2.75, 3.05) is 26.2 Å². The van der Waals surface area contributed by atoms with E-state index in [-0.39, 0.29) is 11.8 Å². The van der Waals surface area contributed by atoms with Crippen molar-refractivity contribution in [3.63, 3.8) is 0 Å². The van der Waals surface area contributed by atoms with Crippen LogP contribution < -0.4 is 5.32 Å². The van der Waals surface area contributed by atoms with E-state index in [0.717, 1.165) is 44.5 Å². The third-order valence-electron chi connectivity index (χ3n) is 6.01. The molecule has 1 aromatic carbocycles. The largest absolute Gasteiger partial charge is 0.378 e. The summed E-state index contributed by atoms with van der Waals surface area (Å²) in [6.07, 6.45) is 8.22. The average Bonchev–Trinajstić information content (AvgIpc) is 3.46. The van der Waals surface area contributed by atoms with E-state index in [4.69, 9.17) is 9.26 Å². The van der Waals surface area contributed by atoms with Gasteiger partial charge in [0, 0.05) is 25.3 Å². The number of hydrogen-bond donors (Lipinski definition) is 1. The van der Waals surface area contributed by atoms with Gasteiger partial charge in [-0.3, -0.25) is 9.69 Å². The van der Waals surface area contributed by atoms with Gasteiger partial charge in [-0.15, -0.1) is 0 Å². The number of amides is 1. The zero-order chi connectivity index (χ0) is 20.6. The van der Waals surface area contributed by atoms with E-state index in [1.807, 2.05) is 30.3 Å². The van der Waals surface area contributed by atoms with Gasteiger partial charge in [-0.1, -0.05) is 48.3 Å². The second-order valence-corrected chi connectivity index (χ2v) is 8.37. The number of carbonyl (C=O) groups excluding carboxylic acids is 1. The highest BCUT2D eigenvalue weighted by Crippen LogP contribution is 2.21. The lowest BCUT2D eigenvalue weighted by atomic mass is 9.97. The topological polar surface area (TPSA) is 80.5 Å². The van der Waals surface area contributed by atoms with Crippen LogP contribution in [0.15, 0.2) is 34.9 Å². The maximum Gasteiger partial charge on any atom is 0.241 e. The number of ether oxygens (including phenoxy) is 1. The maximum atomic E-state index is 12.6. The van der Waals surface area contributed by atoms with Crippen LogP contribution in [-0.4, -0.2) is 53.3 Å². The van der Waals surface area contributed by atoms with E-state index in [1.54, 1.807) is 0 Å². The summed E-state index contributed by atoms with van der Waals surface area (Å²) >= 11 is 0. The van der Waals surface area contributed by atoms with Crippen LogP contribution in [0.25, 0.3) is 11.4 Å². The van der Waals surface area contributed by atoms with Gasteiger partial charge < -0.3 is 14.6 Å². The van der Waals surface area contributed by atoms with Crippen LogP contribution in [0.5, 0.6) is 0 Å². The van der Waals surface area contributed by atoms with E-state index in [0.29, 0.717) is 30.9 Å². The van der Waals surface area contributed by atoms with Gasteiger partial charge >= 0.3 is 0 Å². The molecule has 1 amide bonds. The molecule has 162 valence electrons. The van der Waals surface area contributed by atoms with Gasteiger partial charge in [0.2, 0.25) is 17.6 Å². The van der Waals surface area contributed by atoms with Gasteiger partial charge in [0.25, 0.3) is 0 Å². The van der Waals surface area contributed by atoms with E-state index < -0.39 is 0 Å². The van der Waals surface area contributed by atoms with Crippen molar-refractivity contribution in [2.45, 2.75) is 57.6 Å². The zero-order valence-electron chi connectivity index (χ0n) is 17.6. The zero-order valence-corrected chi connectivity index (χ0v) is 17.6. The third kappa shape index (κ3) is 5.89. The van der Waals surface area contributed by atoms with E-state index >= 15 is 0 Å². The Balaban J connectivity index is 1.18. The third-order valence-corrected chi connectivity index (χ3v) is 6.01. The summed E-state index contributed by atoms with van der Waals surface area (Å²) in [5.74, 6) is 1.37. The van der Waals surface area contributed by atoms with E-state index in [2.05, 4.69) is 20.4 Å². The van der Waals surface area contributed by atoms with Crippen molar-refractivity contribution in [3.05, 3.63) is 36.2 Å². The van der Waals surface area contributed by atoms with E-state index in [9.17, 15) is 4.79 Å². The van der Waals surface area contributed by atoms with Crippen LogP contribution in [-0.2, 0) is 16.1 Å². The SMILES string of the molecule is O=C(NCCCOC1CCCC1)C1CCCN(Cc2nc(-c3ccccc3)no2)C1. The van der Waals surface area contributed by atoms with Gasteiger partial charge in [0.1, 0.15) is 0 Å². The Hall–Kier alpha value is -2.25. The van der Waals surface area contributed by atoms with Crippen LogP contribution in [0, 0.1) is 5.92 Å². The first-order valence-electron chi connectivity index (χ1n) is 11.3. The molecule has 7 heteroatoms. The number of hydrogen-bond acceptors (Lipinski definition) is 6. The summed E-state index contributed by atoms with van der Waals surface area (Å²) in [4.78, 5) is 19.3. The monoisotopic (exact) mass is 412 g/mol. The number of likely N-dealkylation sites (tertiary alicyclic amines) is 1. The van der Waals surface area contributed by atoms with Crippen molar-refractivity contribution in [2.24, 2.45) is 5.92 Å². The van der Waals surface area contributed by atoms with E-state index in [1.165, 1.54) is 25.7 Å². The molecule has 2 aliphatic rings. The first-order valence-corrected chi connectivity index (χ1v) is 11.3. The minimum absolute atomic E-state index is 0.0195. The molecular weight excluding hydrogens is 380 g/mol. The lowest BCUT2D eigenvalue weighted by Crippen LogP contribution is -2.43. The smallest absolute Gasteiger partial charge is 0.241 e. The molecule has 2 heterocycles. The normalized spacial score (nSPS) is 20.5. The molecule has 0 radical (unpaired) electrons. The van der Waals surface area contributed by atoms with Crippen molar-refractivity contribution >= 4 is 5.91 Å². The summed E-state index contributed by atoms with van der Waals surface area (Å²) in [7, 11) is 0. The van der Waals surface area contributed by atoms with Crippen molar-refractivity contribution in [3.8, 4) is 11.4 Å². The Morgan fingerprint density at radius 2 is 2.00 bits per heavy atom. The lowest BCUT2D eigenvalue weighted by molar-refractivity contribution is -0.126. The molecule has 1 saturated carbocycles. The lowest BCUT2D eigenvalue weighted by Gasteiger charge is -2.30. The van der Waals surface area contributed by atoms with Gasteiger partial charge in [-0.25, -0.2) is 0 Å². The summed E-state index contributed by atoms with van der Waals surface area (Å²) in [5, 5.41) is 7.18. The predicted molar refractivity (Wildman–Crippen MR) is 114 cm³/mol. The molecule has 7 nitrogen and oxygen atoms in total. The fraction of sp³-hybridized carbons (Fsp3) is 0.609. The second kappa shape index (κ2) is 10.7. The molecule has 1 unspecified atom stereocenters. The highest BCUT2D eigenvalue weighted by Gasteiger charge is 2.26. The maximum absolute atomic E-state index is 12.6. The number of aromatic nitrogens is 2. The van der Waals surface area contributed by atoms with Crippen LogP contribution in [0.3, 0.4) is 0 Å². The Kier molecular flexibility index (Phi) is 7.48. The Labute approximate surface area is 178 Å². The van der Waals surface area contributed by atoms with Crippen LogP contribution >= 0.6 is 0 Å². The average molecular weight is 413 g/mol. The molecule has 1 N–H and O–H groups in total. The first-order chi connectivity index (χ1) is 14.8. The standard InChI is InChI=1S/C23H32N4O3/c28-23(24-13-7-15-29-20-11-4-5-12-20)19-10-6-14-27(16-19)17-21-25-22(26-30-21)18-8-2-1-3-9-18/h1-3,8-9,19-20H,4-7,10-17H2,(H,24,28). The molecule has 1 aliphatic heterocycles. The van der Waals surface area contributed by atoms with Gasteiger partial charge in [0.05, 0.1) is 18.6 Å². The Bertz CT molecular complexity index is 789. The molecule has 0 spiro atoms. The molecule has 4 rings (SSSR count). The quantitative estimate of drug-likeness (QED) is 0.636. The molecule has 1 atom stereocenters. The van der Waals surface area contributed by atoms with Gasteiger partial charge in [-0.2, -0.15) is 4.98 Å². The van der Waals surface area contributed by atoms with Crippen molar-refractivity contribution in [1.82, 2.24) is 20.4 Å². The van der Waals surface area contributed by atoms with Crippen LogP contribution in [0.4, 0.5) is 0 Å². The number of nitrogens with zero attached hydrogens (tertiary/aromatic N) is 3. The predicted octanol–water partition coefficient (Wildman–Crippen LogP) is 3.41. The summed E-state index contributed by atoms with van der Waals surface area (Å²) < 4.78 is 11.3. The Morgan fingerprint density at radius 3 is 2.83 bits per heavy atom. The number of rotatable bonds is 9.